The largest absolute Gasteiger partial charge is 0.457 e. The summed E-state index contributed by atoms with van der Waals surface area (Å²) in [6.45, 7) is 1.89. The predicted octanol–water partition coefficient (Wildman–Crippen LogP) is 0.627. The standard InChI is InChI=1S/C23H24FN5O6/c1-13(30)26-10-17-11-29(23(32)34-17)15-3-4-18(19(24)6-15)14-2-5-20(27-9-14)21-7-16(35-28-21)12-33-22(31)8-25/h2-6,9,16-17H,7-8,10-12,25H2,1H3,(H,26,30)/p+1/t16?,17-/m0/s1. The molecule has 2 aliphatic heterocycles. The molecule has 1 saturated heterocycles. The lowest BCUT2D eigenvalue weighted by Crippen LogP contribution is -2.54. The van der Waals surface area contributed by atoms with E-state index in [0.29, 0.717) is 34.6 Å². The van der Waals surface area contributed by atoms with Gasteiger partial charge in [-0.1, -0.05) is 11.2 Å². The summed E-state index contributed by atoms with van der Waals surface area (Å²) in [5.74, 6) is -1.16. The van der Waals surface area contributed by atoms with E-state index in [9.17, 15) is 18.8 Å². The summed E-state index contributed by atoms with van der Waals surface area (Å²) in [6, 6.07) is 7.88. The number of amides is 2. The molecule has 35 heavy (non-hydrogen) atoms. The second-order valence-corrected chi connectivity index (χ2v) is 8.05. The van der Waals surface area contributed by atoms with Gasteiger partial charge < -0.3 is 25.4 Å². The second-order valence-electron chi connectivity index (χ2n) is 8.05. The predicted molar refractivity (Wildman–Crippen MR) is 121 cm³/mol. The minimum atomic E-state index is -0.600. The van der Waals surface area contributed by atoms with Gasteiger partial charge in [-0.15, -0.1) is 0 Å². The van der Waals surface area contributed by atoms with Gasteiger partial charge in [0.05, 0.1) is 24.5 Å². The van der Waals surface area contributed by atoms with Crippen LogP contribution >= 0.6 is 0 Å². The van der Waals surface area contributed by atoms with Crippen LogP contribution in [0, 0.1) is 5.82 Å². The Morgan fingerprint density at radius 2 is 2.11 bits per heavy atom. The van der Waals surface area contributed by atoms with Crippen LogP contribution in [0.3, 0.4) is 0 Å². The quantitative estimate of drug-likeness (QED) is 0.520. The summed E-state index contributed by atoms with van der Waals surface area (Å²) < 4.78 is 25.2. The molecule has 2 atom stereocenters. The molecule has 0 aliphatic carbocycles. The molecule has 2 aliphatic rings. The highest BCUT2D eigenvalue weighted by Gasteiger charge is 2.33. The summed E-state index contributed by atoms with van der Waals surface area (Å²) in [6.07, 6.45) is 0.456. The van der Waals surface area contributed by atoms with Crippen LogP contribution in [0.5, 0.6) is 0 Å². The summed E-state index contributed by atoms with van der Waals surface area (Å²) in [5.41, 5.74) is 5.85. The monoisotopic (exact) mass is 486 g/mol. The molecule has 2 aromatic rings. The first kappa shape index (κ1) is 24.1. The van der Waals surface area contributed by atoms with Crippen LogP contribution in [0.1, 0.15) is 19.0 Å². The maximum Gasteiger partial charge on any atom is 0.414 e. The summed E-state index contributed by atoms with van der Waals surface area (Å²) >= 11 is 0. The molecule has 4 N–H and O–H groups in total. The Hall–Kier alpha value is -4.06. The second kappa shape index (κ2) is 10.5. The van der Waals surface area contributed by atoms with Crippen LogP contribution in [-0.2, 0) is 23.9 Å². The number of carbonyl (C=O) groups excluding carboxylic acids is 3. The first-order valence-electron chi connectivity index (χ1n) is 11.0. The Kier molecular flexibility index (Phi) is 7.20. The molecule has 4 rings (SSSR count). The van der Waals surface area contributed by atoms with Crippen molar-refractivity contribution in [3.8, 4) is 11.1 Å². The van der Waals surface area contributed by atoms with Gasteiger partial charge in [-0.25, -0.2) is 14.0 Å². The molecular weight excluding hydrogens is 461 g/mol. The van der Waals surface area contributed by atoms with Crippen molar-refractivity contribution in [1.82, 2.24) is 10.3 Å². The number of rotatable bonds is 8. The minimum Gasteiger partial charge on any atom is -0.457 e. The number of aromatic nitrogens is 1. The van der Waals surface area contributed by atoms with Gasteiger partial charge in [-0.3, -0.25) is 14.7 Å². The maximum absolute atomic E-state index is 14.9. The van der Waals surface area contributed by atoms with E-state index in [1.807, 2.05) is 0 Å². The number of quaternary nitrogens is 1. The van der Waals surface area contributed by atoms with E-state index in [2.05, 4.69) is 21.2 Å². The molecule has 0 saturated carbocycles. The molecule has 1 fully saturated rings. The van der Waals surface area contributed by atoms with Crippen molar-refractivity contribution in [2.24, 2.45) is 5.16 Å². The number of oxime groups is 1. The number of benzene rings is 1. The number of pyridine rings is 1. The molecule has 0 bridgehead atoms. The van der Waals surface area contributed by atoms with Crippen LogP contribution in [0.2, 0.25) is 0 Å². The molecule has 2 amide bonds. The van der Waals surface area contributed by atoms with Gasteiger partial charge in [0.2, 0.25) is 5.91 Å². The van der Waals surface area contributed by atoms with E-state index in [1.54, 1.807) is 24.3 Å². The molecular formula is C23H25FN5O6+. The third kappa shape index (κ3) is 5.72. The summed E-state index contributed by atoms with van der Waals surface area (Å²) in [5, 5.41) is 6.60. The lowest BCUT2D eigenvalue weighted by Gasteiger charge is -2.14. The minimum absolute atomic E-state index is 0.0439. The summed E-state index contributed by atoms with van der Waals surface area (Å²) in [7, 11) is 0. The Labute approximate surface area is 200 Å². The molecule has 3 heterocycles. The zero-order valence-electron chi connectivity index (χ0n) is 19.0. The molecule has 12 heteroatoms. The Balaban J connectivity index is 1.39. The van der Waals surface area contributed by atoms with Crippen molar-refractivity contribution in [3.05, 3.63) is 48.0 Å². The number of nitrogens with zero attached hydrogens (tertiary/aromatic N) is 3. The third-order valence-corrected chi connectivity index (χ3v) is 5.45. The molecule has 184 valence electrons. The topological polar surface area (TPSA) is 147 Å². The van der Waals surface area contributed by atoms with E-state index in [4.69, 9.17) is 14.3 Å². The van der Waals surface area contributed by atoms with Gasteiger partial charge in [-0.05, 0) is 24.3 Å². The highest BCUT2D eigenvalue weighted by atomic mass is 19.1. The van der Waals surface area contributed by atoms with Crippen molar-refractivity contribution in [1.29, 1.82) is 0 Å². The average Bonchev–Trinajstić information content (AvgIpc) is 3.48. The fraction of sp³-hybridized carbons (Fsp3) is 0.348. The first-order valence-corrected chi connectivity index (χ1v) is 11.0. The number of anilines is 1. The Morgan fingerprint density at radius 1 is 1.29 bits per heavy atom. The van der Waals surface area contributed by atoms with E-state index < -0.39 is 24.0 Å². The molecule has 0 spiro atoms. The van der Waals surface area contributed by atoms with Crippen molar-refractivity contribution >= 4 is 29.4 Å². The van der Waals surface area contributed by atoms with Gasteiger partial charge in [-0.2, -0.15) is 0 Å². The van der Waals surface area contributed by atoms with Crippen LogP contribution in [0.15, 0.2) is 41.7 Å². The third-order valence-electron chi connectivity index (χ3n) is 5.45. The number of nitrogens with one attached hydrogen (secondary N) is 1. The Bertz CT molecular complexity index is 1160. The molecule has 0 radical (unpaired) electrons. The number of carbonyl (C=O) groups is 3. The number of hydrogen-bond donors (Lipinski definition) is 2. The SMILES string of the molecule is CC(=O)NC[C@H]1CN(c2ccc(-c3ccc(C4=NOC(COC(=O)C[NH3+])C4)nc3)c(F)c2)C(=O)O1. The van der Waals surface area contributed by atoms with Gasteiger partial charge in [0, 0.05) is 30.7 Å². The number of ether oxygens (including phenoxy) is 2. The number of esters is 1. The van der Waals surface area contributed by atoms with Gasteiger partial charge in [0.1, 0.15) is 24.2 Å². The van der Waals surface area contributed by atoms with Crippen LogP contribution in [0.4, 0.5) is 14.9 Å². The molecule has 1 aromatic carbocycles. The lowest BCUT2D eigenvalue weighted by atomic mass is 10.0. The number of hydrogen-bond acceptors (Lipinski definition) is 8. The highest BCUT2D eigenvalue weighted by Crippen LogP contribution is 2.29. The molecule has 1 aromatic heterocycles. The number of halogens is 1. The van der Waals surface area contributed by atoms with Crippen molar-refractivity contribution < 1.29 is 38.8 Å². The van der Waals surface area contributed by atoms with Crippen LogP contribution in [-0.4, -0.2) is 67.1 Å². The van der Waals surface area contributed by atoms with Gasteiger partial charge >= 0.3 is 12.1 Å². The van der Waals surface area contributed by atoms with Crippen molar-refractivity contribution in [3.63, 3.8) is 0 Å². The smallest absolute Gasteiger partial charge is 0.414 e. The first-order chi connectivity index (χ1) is 16.8. The molecule has 1 unspecified atom stereocenters. The van der Waals surface area contributed by atoms with Crippen molar-refractivity contribution in [2.45, 2.75) is 25.6 Å². The zero-order valence-corrected chi connectivity index (χ0v) is 19.0. The Morgan fingerprint density at radius 3 is 2.80 bits per heavy atom. The van der Waals surface area contributed by atoms with Crippen LogP contribution in [0.25, 0.3) is 11.1 Å². The average molecular weight is 486 g/mol. The highest BCUT2D eigenvalue weighted by molar-refractivity contribution is 5.99. The maximum atomic E-state index is 14.9. The summed E-state index contributed by atoms with van der Waals surface area (Å²) in [4.78, 5) is 45.5. The number of cyclic esters (lactones) is 1. The fourth-order valence-electron chi connectivity index (χ4n) is 3.65. The van der Waals surface area contributed by atoms with E-state index in [-0.39, 0.29) is 38.3 Å². The van der Waals surface area contributed by atoms with E-state index in [0.717, 1.165) is 0 Å². The van der Waals surface area contributed by atoms with E-state index >= 15 is 0 Å². The zero-order chi connectivity index (χ0) is 24.9. The lowest BCUT2D eigenvalue weighted by molar-refractivity contribution is -0.360. The van der Waals surface area contributed by atoms with E-state index in [1.165, 1.54) is 24.1 Å². The van der Waals surface area contributed by atoms with Gasteiger partial charge in [0.15, 0.2) is 12.6 Å². The molecule has 11 nitrogen and oxygen atoms in total. The van der Waals surface area contributed by atoms with Crippen molar-refractivity contribution in [2.75, 3.05) is 31.1 Å². The fourth-order valence-corrected chi connectivity index (χ4v) is 3.65. The van der Waals surface area contributed by atoms with Crippen LogP contribution < -0.4 is 16.0 Å². The normalized spacial score (nSPS) is 19.1. The van der Waals surface area contributed by atoms with Gasteiger partial charge in [0.25, 0.3) is 0 Å².